The summed E-state index contributed by atoms with van der Waals surface area (Å²) in [6.07, 6.45) is 1.61. The van der Waals surface area contributed by atoms with E-state index in [1.165, 1.54) is 16.8 Å². The molecule has 0 fully saturated rings. The lowest BCUT2D eigenvalue weighted by atomic mass is 10.1. The first-order chi connectivity index (χ1) is 11.5. The van der Waals surface area contributed by atoms with Crippen LogP contribution in [0.3, 0.4) is 0 Å². The third kappa shape index (κ3) is 3.31. The van der Waals surface area contributed by atoms with Gasteiger partial charge in [-0.2, -0.15) is 14.9 Å². The summed E-state index contributed by atoms with van der Waals surface area (Å²) in [6, 6.07) is 14.3. The summed E-state index contributed by atoms with van der Waals surface area (Å²) in [4.78, 5) is 10.9. The highest BCUT2D eigenvalue weighted by Crippen LogP contribution is 2.18. The smallest absolute Gasteiger partial charge is 0.335 e. The van der Waals surface area contributed by atoms with E-state index >= 15 is 0 Å². The standard InChI is InChI=1S/C17H14N4O2S/c1-11-3-2-4-14(9-11)15-19-20-17(24)21(15)18-10-12-5-7-13(8-6-12)16(22)23/h2-10H,1H3,(H,20,24)(H,22,23)/b18-10-. The maximum atomic E-state index is 10.9. The van der Waals surface area contributed by atoms with E-state index in [4.69, 9.17) is 17.3 Å². The number of aromatic carboxylic acids is 1. The summed E-state index contributed by atoms with van der Waals surface area (Å²) in [5.74, 6) is -0.348. The van der Waals surface area contributed by atoms with Gasteiger partial charge in [0.05, 0.1) is 11.8 Å². The first kappa shape index (κ1) is 15.8. The van der Waals surface area contributed by atoms with Crippen LogP contribution in [0.25, 0.3) is 11.4 Å². The molecule has 120 valence electrons. The van der Waals surface area contributed by atoms with Crippen molar-refractivity contribution in [2.24, 2.45) is 5.10 Å². The van der Waals surface area contributed by atoms with Crippen molar-refractivity contribution in [3.63, 3.8) is 0 Å². The van der Waals surface area contributed by atoms with Crippen molar-refractivity contribution >= 4 is 24.4 Å². The molecule has 0 aliphatic carbocycles. The van der Waals surface area contributed by atoms with E-state index in [-0.39, 0.29) is 5.56 Å². The topological polar surface area (TPSA) is 83.3 Å². The third-order valence-corrected chi connectivity index (χ3v) is 3.67. The van der Waals surface area contributed by atoms with Gasteiger partial charge in [-0.05, 0) is 42.9 Å². The Labute approximate surface area is 143 Å². The number of carboxylic acids is 1. The first-order valence-corrected chi connectivity index (χ1v) is 7.57. The van der Waals surface area contributed by atoms with E-state index in [1.807, 2.05) is 31.2 Å². The Bertz CT molecular complexity index is 971. The lowest BCUT2D eigenvalue weighted by Crippen LogP contribution is -1.97. The maximum Gasteiger partial charge on any atom is 0.335 e. The number of aromatic nitrogens is 3. The van der Waals surface area contributed by atoms with Crippen LogP contribution in [0.2, 0.25) is 0 Å². The van der Waals surface area contributed by atoms with Crippen LogP contribution in [-0.4, -0.2) is 32.2 Å². The van der Waals surface area contributed by atoms with Gasteiger partial charge < -0.3 is 5.11 Å². The molecule has 0 bridgehead atoms. The van der Waals surface area contributed by atoms with Crippen LogP contribution in [-0.2, 0) is 0 Å². The molecule has 3 rings (SSSR count). The molecule has 0 spiro atoms. The summed E-state index contributed by atoms with van der Waals surface area (Å²) < 4.78 is 1.92. The number of nitrogens with one attached hydrogen (secondary N) is 1. The predicted octanol–water partition coefficient (Wildman–Crippen LogP) is 3.50. The Morgan fingerprint density at radius 3 is 2.71 bits per heavy atom. The molecule has 0 aliphatic rings. The second-order valence-electron chi connectivity index (χ2n) is 5.21. The van der Waals surface area contributed by atoms with Gasteiger partial charge in [0.2, 0.25) is 4.77 Å². The Kier molecular flexibility index (Phi) is 4.35. The monoisotopic (exact) mass is 338 g/mol. The van der Waals surface area contributed by atoms with Gasteiger partial charge in [0.25, 0.3) is 0 Å². The van der Waals surface area contributed by atoms with Crippen LogP contribution >= 0.6 is 12.2 Å². The molecule has 0 unspecified atom stereocenters. The fraction of sp³-hybridized carbons (Fsp3) is 0.0588. The average Bonchev–Trinajstić information content (AvgIpc) is 2.94. The molecule has 0 saturated heterocycles. The van der Waals surface area contributed by atoms with E-state index in [0.717, 1.165) is 16.7 Å². The Morgan fingerprint density at radius 2 is 2.04 bits per heavy atom. The number of carboxylic acid groups (broad SMARTS) is 1. The van der Waals surface area contributed by atoms with Crippen molar-refractivity contribution in [1.29, 1.82) is 0 Å². The van der Waals surface area contributed by atoms with Gasteiger partial charge in [-0.15, -0.1) is 0 Å². The minimum absolute atomic E-state index is 0.229. The SMILES string of the molecule is Cc1cccc(-c2n[nH]c(=S)n2/N=C\c2ccc(C(=O)O)cc2)c1. The zero-order chi connectivity index (χ0) is 17.1. The third-order valence-electron chi connectivity index (χ3n) is 3.41. The molecular weight excluding hydrogens is 324 g/mol. The van der Waals surface area contributed by atoms with Gasteiger partial charge in [-0.25, -0.2) is 9.89 Å². The second-order valence-corrected chi connectivity index (χ2v) is 5.59. The minimum atomic E-state index is -0.961. The Morgan fingerprint density at radius 1 is 1.29 bits per heavy atom. The molecule has 0 atom stereocenters. The van der Waals surface area contributed by atoms with Gasteiger partial charge in [0, 0.05) is 5.56 Å². The number of H-pyrrole nitrogens is 1. The van der Waals surface area contributed by atoms with Crippen molar-refractivity contribution in [2.75, 3.05) is 0 Å². The quantitative estimate of drug-likeness (QED) is 0.563. The highest BCUT2D eigenvalue weighted by molar-refractivity contribution is 7.71. The molecule has 3 aromatic rings. The zero-order valence-electron chi connectivity index (χ0n) is 12.8. The zero-order valence-corrected chi connectivity index (χ0v) is 13.6. The fourth-order valence-corrected chi connectivity index (χ4v) is 2.39. The molecule has 2 aromatic carbocycles. The summed E-state index contributed by atoms with van der Waals surface area (Å²) in [6.45, 7) is 2.00. The summed E-state index contributed by atoms with van der Waals surface area (Å²) in [5, 5.41) is 20.2. The number of aromatic amines is 1. The van der Waals surface area contributed by atoms with Gasteiger partial charge in [-0.1, -0.05) is 35.9 Å². The number of aryl methyl sites for hydroxylation is 1. The van der Waals surface area contributed by atoms with Crippen molar-refractivity contribution in [2.45, 2.75) is 6.92 Å². The predicted molar refractivity (Wildman–Crippen MR) is 94.0 cm³/mol. The number of carbonyl (C=O) groups is 1. The van der Waals surface area contributed by atoms with Crippen LogP contribution in [0, 0.1) is 11.7 Å². The molecule has 1 heterocycles. The molecule has 0 aliphatic heterocycles. The number of hydrogen-bond acceptors (Lipinski definition) is 4. The number of hydrogen-bond donors (Lipinski definition) is 2. The number of rotatable bonds is 4. The normalized spacial score (nSPS) is 11.0. The van der Waals surface area contributed by atoms with Crippen LogP contribution in [0.15, 0.2) is 53.6 Å². The average molecular weight is 338 g/mol. The van der Waals surface area contributed by atoms with Crippen molar-refractivity contribution in [3.8, 4) is 11.4 Å². The van der Waals surface area contributed by atoms with Crippen molar-refractivity contribution < 1.29 is 9.90 Å². The molecule has 1 aromatic heterocycles. The van der Waals surface area contributed by atoms with E-state index in [2.05, 4.69) is 15.3 Å². The van der Waals surface area contributed by atoms with Gasteiger partial charge >= 0.3 is 5.97 Å². The van der Waals surface area contributed by atoms with Crippen LogP contribution in [0.1, 0.15) is 21.5 Å². The van der Waals surface area contributed by atoms with Gasteiger partial charge in [0.1, 0.15) is 0 Å². The van der Waals surface area contributed by atoms with Crippen molar-refractivity contribution in [1.82, 2.24) is 14.9 Å². The second kappa shape index (κ2) is 6.59. The molecule has 2 N–H and O–H groups in total. The largest absolute Gasteiger partial charge is 0.478 e. The van der Waals surface area contributed by atoms with Crippen LogP contribution < -0.4 is 0 Å². The molecule has 6 nitrogen and oxygen atoms in total. The van der Waals surface area contributed by atoms with E-state index in [0.29, 0.717) is 10.6 Å². The fourth-order valence-electron chi connectivity index (χ4n) is 2.21. The van der Waals surface area contributed by atoms with E-state index in [9.17, 15) is 4.79 Å². The lowest BCUT2D eigenvalue weighted by Gasteiger charge is -2.02. The summed E-state index contributed by atoms with van der Waals surface area (Å²) in [5.41, 5.74) is 3.01. The Hall–Kier alpha value is -3.06. The highest BCUT2D eigenvalue weighted by atomic mass is 32.1. The summed E-state index contributed by atoms with van der Waals surface area (Å²) in [7, 11) is 0. The molecule has 0 amide bonds. The van der Waals surface area contributed by atoms with Crippen LogP contribution in [0.5, 0.6) is 0 Å². The molecule has 7 heteroatoms. The Balaban J connectivity index is 1.94. The van der Waals surface area contributed by atoms with E-state index < -0.39 is 5.97 Å². The highest BCUT2D eigenvalue weighted by Gasteiger charge is 2.08. The molecule has 24 heavy (non-hydrogen) atoms. The molecule has 0 saturated carbocycles. The number of benzene rings is 2. The van der Waals surface area contributed by atoms with Crippen molar-refractivity contribution in [3.05, 3.63) is 70.0 Å². The van der Waals surface area contributed by atoms with Crippen LogP contribution in [0.4, 0.5) is 0 Å². The number of nitrogens with zero attached hydrogens (tertiary/aromatic N) is 3. The summed E-state index contributed by atoms with van der Waals surface area (Å²) >= 11 is 5.23. The lowest BCUT2D eigenvalue weighted by molar-refractivity contribution is 0.0697. The first-order valence-electron chi connectivity index (χ1n) is 7.17. The maximum absolute atomic E-state index is 10.9. The molecular formula is C17H14N4O2S. The van der Waals surface area contributed by atoms with Gasteiger partial charge in [0.15, 0.2) is 5.82 Å². The molecule has 0 radical (unpaired) electrons. The minimum Gasteiger partial charge on any atom is -0.478 e. The van der Waals surface area contributed by atoms with E-state index in [1.54, 1.807) is 18.3 Å². The van der Waals surface area contributed by atoms with Gasteiger partial charge in [-0.3, -0.25) is 0 Å².